The number of anilines is 1. The van der Waals surface area contributed by atoms with Crippen molar-refractivity contribution in [3.63, 3.8) is 0 Å². The molecule has 0 bridgehead atoms. The molecule has 2 aromatic rings. The van der Waals surface area contributed by atoms with Gasteiger partial charge in [-0.2, -0.15) is 0 Å². The van der Waals surface area contributed by atoms with E-state index in [2.05, 4.69) is 15.2 Å². The molecule has 1 aromatic heterocycles. The summed E-state index contributed by atoms with van der Waals surface area (Å²) in [4.78, 5) is 19.1. The number of aromatic nitrogens is 1. The minimum atomic E-state index is -0.378. The molecule has 2 aliphatic rings. The monoisotopic (exact) mass is 367 g/mol. The summed E-state index contributed by atoms with van der Waals surface area (Å²) in [7, 11) is 0. The molecule has 4 rings (SSSR count). The molecule has 1 atom stereocenters. The number of amides is 1. The van der Waals surface area contributed by atoms with Gasteiger partial charge in [0.05, 0.1) is 31.1 Å². The molecule has 1 spiro atoms. The van der Waals surface area contributed by atoms with Crippen LogP contribution in [-0.4, -0.2) is 43.0 Å². The Morgan fingerprint density at radius 3 is 2.44 bits per heavy atom. The highest BCUT2D eigenvalue weighted by molar-refractivity contribution is 5.92. The number of hydrogen-bond acceptors (Lipinski definition) is 5. The lowest BCUT2D eigenvalue weighted by atomic mass is 10.0. The van der Waals surface area contributed by atoms with Crippen LogP contribution in [0.15, 0.2) is 48.7 Å². The fraction of sp³-hybridized carbons (Fsp3) is 0.429. The quantitative estimate of drug-likeness (QED) is 0.900. The van der Waals surface area contributed by atoms with E-state index < -0.39 is 0 Å². The Hall–Kier alpha value is -2.44. The van der Waals surface area contributed by atoms with Crippen molar-refractivity contribution in [1.29, 1.82) is 0 Å². The van der Waals surface area contributed by atoms with E-state index in [9.17, 15) is 4.79 Å². The van der Waals surface area contributed by atoms with Crippen LogP contribution < -0.4 is 10.2 Å². The highest BCUT2D eigenvalue weighted by atomic mass is 16.7. The van der Waals surface area contributed by atoms with Crippen LogP contribution in [0.5, 0.6) is 0 Å². The molecule has 1 amide bonds. The van der Waals surface area contributed by atoms with E-state index in [-0.39, 0.29) is 17.7 Å². The molecular weight excluding hydrogens is 342 g/mol. The smallest absolute Gasteiger partial charge is 0.270 e. The molecule has 142 valence electrons. The Morgan fingerprint density at radius 1 is 1.11 bits per heavy atom. The number of nitrogens with zero attached hydrogens (tertiary/aromatic N) is 2. The average molecular weight is 367 g/mol. The van der Waals surface area contributed by atoms with Crippen molar-refractivity contribution in [3.05, 3.63) is 59.9 Å². The lowest BCUT2D eigenvalue weighted by molar-refractivity contribution is -0.169. The van der Waals surface area contributed by atoms with Gasteiger partial charge in [-0.05, 0) is 24.6 Å². The number of benzene rings is 1. The molecule has 0 radical (unpaired) electrons. The van der Waals surface area contributed by atoms with Crippen LogP contribution in [0.3, 0.4) is 0 Å². The van der Waals surface area contributed by atoms with Crippen molar-refractivity contribution in [3.8, 4) is 0 Å². The molecule has 6 heteroatoms. The normalized spacial score (nSPS) is 19.8. The first kappa shape index (κ1) is 17.9. The average Bonchev–Trinajstić information content (AvgIpc) is 3.17. The van der Waals surface area contributed by atoms with E-state index in [0.717, 1.165) is 37.2 Å². The molecule has 27 heavy (non-hydrogen) atoms. The van der Waals surface area contributed by atoms with Crippen LogP contribution in [0.25, 0.3) is 0 Å². The largest absolute Gasteiger partial charge is 0.370 e. The second kappa shape index (κ2) is 7.66. The highest BCUT2D eigenvalue weighted by Gasteiger charge is 2.39. The zero-order chi connectivity index (χ0) is 18.7. The number of rotatable bonds is 4. The third-order valence-electron chi connectivity index (χ3n) is 5.33. The number of nitrogens with one attached hydrogen (secondary N) is 1. The first-order valence-corrected chi connectivity index (χ1v) is 9.50. The molecule has 1 aromatic carbocycles. The molecule has 1 N–H and O–H groups in total. The maximum absolute atomic E-state index is 12.5. The number of piperidine rings is 1. The Kier molecular flexibility index (Phi) is 5.09. The van der Waals surface area contributed by atoms with Crippen LogP contribution in [-0.2, 0) is 9.47 Å². The fourth-order valence-electron chi connectivity index (χ4n) is 3.69. The number of ether oxygens (including phenoxy) is 2. The summed E-state index contributed by atoms with van der Waals surface area (Å²) in [5.74, 6) is -0.541. The summed E-state index contributed by atoms with van der Waals surface area (Å²) in [6, 6.07) is 13.6. The lowest BCUT2D eigenvalue weighted by Crippen LogP contribution is -2.45. The fourth-order valence-corrected chi connectivity index (χ4v) is 3.69. The summed E-state index contributed by atoms with van der Waals surface area (Å²) in [6.07, 6.45) is 3.48. The summed E-state index contributed by atoms with van der Waals surface area (Å²) < 4.78 is 11.5. The summed E-state index contributed by atoms with van der Waals surface area (Å²) in [6.45, 7) is 5.06. The number of hydrogen-bond donors (Lipinski definition) is 1. The van der Waals surface area contributed by atoms with Gasteiger partial charge in [0.25, 0.3) is 5.91 Å². The van der Waals surface area contributed by atoms with E-state index in [1.54, 1.807) is 12.3 Å². The second-order valence-electron chi connectivity index (χ2n) is 7.10. The predicted molar refractivity (Wildman–Crippen MR) is 103 cm³/mol. The van der Waals surface area contributed by atoms with Crippen LogP contribution in [0.2, 0.25) is 0 Å². The molecular formula is C21H25N3O3. The van der Waals surface area contributed by atoms with Crippen molar-refractivity contribution in [1.82, 2.24) is 10.3 Å². The Balaban J connectivity index is 1.35. The Labute approximate surface area is 159 Å². The van der Waals surface area contributed by atoms with Crippen molar-refractivity contribution < 1.29 is 14.3 Å². The highest BCUT2D eigenvalue weighted by Crippen LogP contribution is 2.33. The molecule has 6 nitrogen and oxygen atoms in total. The Morgan fingerprint density at radius 2 is 1.81 bits per heavy atom. The summed E-state index contributed by atoms with van der Waals surface area (Å²) in [5, 5.41) is 3.00. The second-order valence-corrected chi connectivity index (χ2v) is 7.10. The van der Waals surface area contributed by atoms with Crippen LogP contribution in [0, 0.1) is 0 Å². The van der Waals surface area contributed by atoms with E-state index in [1.807, 2.05) is 43.3 Å². The van der Waals surface area contributed by atoms with Crippen LogP contribution in [0.1, 0.15) is 41.9 Å². The third kappa shape index (κ3) is 3.96. The predicted octanol–water partition coefficient (Wildman–Crippen LogP) is 2.92. The molecule has 2 aliphatic heterocycles. The first-order chi connectivity index (χ1) is 13.2. The van der Waals surface area contributed by atoms with E-state index in [1.165, 1.54) is 0 Å². The van der Waals surface area contributed by atoms with E-state index in [4.69, 9.17) is 9.47 Å². The van der Waals surface area contributed by atoms with E-state index >= 15 is 0 Å². The maximum atomic E-state index is 12.5. The SMILES string of the molecule is CC(NC(=O)c1ccc(N2CCC3(CC2)OCCO3)cn1)c1ccccc1. The van der Waals surface area contributed by atoms with Crippen LogP contribution >= 0.6 is 0 Å². The van der Waals surface area contributed by atoms with Crippen molar-refractivity contribution in [2.75, 3.05) is 31.2 Å². The summed E-state index contributed by atoms with van der Waals surface area (Å²) in [5.41, 5.74) is 2.52. The first-order valence-electron chi connectivity index (χ1n) is 9.50. The van der Waals surface area contributed by atoms with Crippen molar-refractivity contribution in [2.45, 2.75) is 31.6 Å². The van der Waals surface area contributed by atoms with Crippen molar-refractivity contribution >= 4 is 11.6 Å². The zero-order valence-corrected chi connectivity index (χ0v) is 15.6. The van der Waals surface area contributed by atoms with Gasteiger partial charge in [-0.15, -0.1) is 0 Å². The number of carbonyl (C=O) groups excluding carboxylic acids is 1. The van der Waals surface area contributed by atoms with Gasteiger partial charge >= 0.3 is 0 Å². The molecule has 0 aliphatic carbocycles. The molecule has 0 saturated carbocycles. The minimum absolute atomic E-state index is 0.0649. The Bertz CT molecular complexity index is 763. The van der Waals surface area contributed by atoms with E-state index in [0.29, 0.717) is 18.9 Å². The molecule has 3 heterocycles. The van der Waals surface area contributed by atoms with Gasteiger partial charge in [-0.3, -0.25) is 4.79 Å². The van der Waals surface area contributed by atoms with Gasteiger partial charge in [-0.1, -0.05) is 30.3 Å². The van der Waals surface area contributed by atoms with Gasteiger partial charge in [0, 0.05) is 25.9 Å². The number of carbonyl (C=O) groups is 1. The zero-order valence-electron chi connectivity index (χ0n) is 15.6. The summed E-state index contributed by atoms with van der Waals surface area (Å²) >= 11 is 0. The topological polar surface area (TPSA) is 63.7 Å². The van der Waals surface area contributed by atoms with Gasteiger partial charge in [0.1, 0.15) is 5.69 Å². The lowest BCUT2D eigenvalue weighted by Gasteiger charge is -2.38. The van der Waals surface area contributed by atoms with Crippen molar-refractivity contribution in [2.24, 2.45) is 0 Å². The maximum Gasteiger partial charge on any atom is 0.270 e. The van der Waals surface area contributed by atoms with Gasteiger partial charge in [0.2, 0.25) is 0 Å². The van der Waals surface area contributed by atoms with Gasteiger partial charge in [0.15, 0.2) is 5.79 Å². The van der Waals surface area contributed by atoms with Gasteiger partial charge < -0.3 is 19.7 Å². The molecule has 2 saturated heterocycles. The molecule has 1 unspecified atom stereocenters. The standard InChI is InChI=1S/C21H25N3O3/c1-16(17-5-3-2-4-6-17)23-20(25)19-8-7-18(15-22-19)24-11-9-21(10-12-24)26-13-14-27-21/h2-8,15-16H,9-14H2,1H3,(H,23,25). The molecule has 2 fully saturated rings. The number of pyridine rings is 1. The van der Waals surface area contributed by atoms with Crippen LogP contribution in [0.4, 0.5) is 5.69 Å². The van der Waals surface area contributed by atoms with Gasteiger partial charge in [-0.25, -0.2) is 4.98 Å². The minimum Gasteiger partial charge on any atom is -0.370 e. The third-order valence-corrected chi connectivity index (χ3v) is 5.33.